The summed E-state index contributed by atoms with van der Waals surface area (Å²) >= 11 is 0. The number of phenols is 2. The van der Waals surface area contributed by atoms with Crippen LogP contribution >= 0.6 is 0 Å². The molecule has 2 aliphatic heterocycles. The molecule has 58 heavy (non-hydrogen) atoms. The number of nitrogens with one attached hydrogen (secondary N) is 2. The van der Waals surface area contributed by atoms with Crippen LogP contribution in [0.3, 0.4) is 0 Å². The summed E-state index contributed by atoms with van der Waals surface area (Å²) < 4.78 is 51.2. The minimum absolute atomic E-state index is 0.0678. The summed E-state index contributed by atoms with van der Waals surface area (Å²) in [5.74, 6) is -5.53. The third kappa shape index (κ3) is 7.98. The average Bonchev–Trinajstić information content (AvgIpc) is 3.67. The highest BCUT2D eigenvalue weighted by atomic mass is 19.3. The number of aliphatic hydroxyl groups is 2. The van der Waals surface area contributed by atoms with Crippen LogP contribution in [0.5, 0.6) is 11.5 Å². The molecule has 306 valence electrons. The molecule has 0 bridgehead atoms. The lowest BCUT2D eigenvalue weighted by molar-refractivity contribution is -0.140. The molecule has 7 rings (SSSR count). The van der Waals surface area contributed by atoms with Crippen LogP contribution in [0.2, 0.25) is 0 Å². The smallest absolute Gasteiger partial charge is 0.351 e. The number of hydrogen-bond acceptors (Lipinski definition) is 12. The Morgan fingerprint density at radius 3 is 2.29 bits per heavy atom. The summed E-state index contributed by atoms with van der Waals surface area (Å²) in [6.07, 6.45) is -5.13. The molecule has 4 heterocycles. The zero-order valence-electron chi connectivity index (χ0n) is 31.3. The first-order valence-electron chi connectivity index (χ1n) is 18.4. The molecular weight excluding hydrogens is 765 g/mol. The molecule has 0 unspecified atom stereocenters. The number of carbonyl (C=O) groups is 1. The van der Waals surface area contributed by atoms with Gasteiger partial charge in [-0.15, -0.1) is 0 Å². The number of rotatable bonds is 11. The fourth-order valence-electron chi connectivity index (χ4n) is 7.09. The molecule has 19 heteroatoms. The van der Waals surface area contributed by atoms with E-state index in [0.717, 1.165) is 17.8 Å². The fraction of sp³-hybridized carbons (Fsp3) is 0.359. The van der Waals surface area contributed by atoms with Gasteiger partial charge in [0, 0.05) is 62.7 Å². The zero-order chi connectivity index (χ0) is 41.5. The van der Waals surface area contributed by atoms with Gasteiger partial charge in [0.15, 0.2) is 11.9 Å². The molecule has 2 aliphatic rings. The molecule has 1 amide bonds. The number of anilines is 1. The highest BCUT2D eigenvalue weighted by Gasteiger charge is 2.59. The Hall–Kier alpha value is -5.86. The Morgan fingerprint density at radius 1 is 0.983 bits per heavy atom. The van der Waals surface area contributed by atoms with E-state index in [1.807, 2.05) is 13.8 Å². The van der Waals surface area contributed by atoms with Gasteiger partial charge in [0.2, 0.25) is 6.23 Å². The van der Waals surface area contributed by atoms with Gasteiger partial charge in [-0.05, 0) is 53.4 Å². The first-order valence-corrected chi connectivity index (χ1v) is 18.4. The van der Waals surface area contributed by atoms with Crippen molar-refractivity contribution >= 4 is 11.7 Å². The molecule has 6 N–H and O–H groups in total. The Morgan fingerprint density at radius 2 is 1.67 bits per heavy atom. The first-order chi connectivity index (χ1) is 27.6. The maximum atomic E-state index is 15.5. The van der Waals surface area contributed by atoms with E-state index in [0.29, 0.717) is 55.0 Å². The monoisotopic (exact) mass is 806 g/mol. The van der Waals surface area contributed by atoms with Gasteiger partial charge < -0.3 is 30.5 Å². The number of alkyl halides is 2. The summed E-state index contributed by atoms with van der Waals surface area (Å²) in [7, 11) is 0. The van der Waals surface area contributed by atoms with Gasteiger partial charge in [-0.25, -0.2) is 23.6 Å². The van der Waals surface area contributed by atoms with Crippen LogP contribution < -0.4 is 16.7 Å². The van der Waals surface area contributed by atoms with Crippen LogP contribution in [0.4, 0.5) is 19.0 Å². The van der Waals surface area contributed by atoms with E-state index in [1.165, 1.54) is 16.7 Å². The van der Waals surface area contributed by atoms with Crippen molar-refractivity contribution in [3.63, 3.8) is 0 Å². The van der Waals surface area contributed by atoms with Crippen LogP contribution in [0.15, 0.2) is 76.4 Å². The number of nitrogens with zero attached hydrogens (tertiary/aromatic N) is 6. The molecular formula is C39H41F3N8O8. The molecule has 0 saturated carbocycles. The maximum absolute atomic E-state index is 15.5. The Bertz CT molecular complexity index is 2430. The molecule has 2 saturated heterocycles. The molecule has 16 nitrogen and oxygen atoms in total. The maximum Gasteiger partial charge on any atom is 0.351 e. The van der Waals surface area contributed by atoms with Crippen molar-refractivity contribution in [2.75, 3.05) is 38.1 Å². The summed E-state index contributed by atoms with van der Waals surface area (Å²) in [4.78, 5) is 46.2. The van der Waals surface area contributed by atoms with Crippen LogP contribution in [0.1, 0.15) is 53.0 Å². The normalized spacial score (nSPS) is 19.8. The largest absolute Gasteiger partial charge is 0.508 e. The molecule has 5 aromatic rings. The van der Waals surface area contributed by atoms with Crippen molar-refractivity contribution in [3.8, 4) is 28.6 Å². The molecule has 3 aromatic carbocycles. The van der Waals surface area contributed by atoms with Crippen molar-refractivity contribution < 1.29 is 43.1 Å². The van der Waals surface area contributed by atoms with Gasteiger partial charge in [-0.3, -0.25) is 19.2 Å². The number of halogens is 3. The van der Waals surface area contributed by atoms with Gasteiger partial charge in [-0.1, -0.05) is 32.0 Å². The van der Waals surface area contributed by atoms with Crippen molar-refractivity contribution in [2.45, 2.75) is 57.2 Å². The number of amides is 1. The molecule has 0 aliphatic carbocycles. The Balaban J connectivity index is 0.924. The third-order valence-electron chi connectivity index (χ3n) is 10.3. The van der Waals surface area contributed by atoms with E-state index in [4.69, 9.17) is 4.74 Å². The first kappa shape index (κ1) is 40.3. The van der Waals surface area contributed by atoms with E-state index in [1.54, 1.807) is 42.5 Å². The molecule has 0 spiro atoms. The Kier molecular flexibility index (Phi) is 11.3. The molecule has 2 fully saturated rings. The van der Waals surface area contributed by atoms with Crippen LogP contribution in [-0.4, -0.2) is 111 Å². The van der Waals surface area contributed by atoms with Crippen LogP contribution in [0.25, 0.3) is 17.1 Å². The van der Waals surface area contributed by atoms with Gasteiger partial charge in [0.1, 0.15) is 29.2 Å². The van der Waals surface area contributed by atoms with Crippen LogP contribution in [-0.2, 0) is 17.8 Å². The second kappa shape index (κ2) is 16.2. The van der Waals surface area contributed by atoms with E-state index in [9.17, 15) is 43.6 Å². The standard InChI is InChI=1S/C39H41F3N8O8/c1-21(2)26-16-27(30(53)17-29(26)52)34-45-46-38(57)50(34)25-8-7-24(28(40)15-25)19-48-13-11-47(12-14-48)18-22-3-5-23(6-4-22)35(55)43-32-9-10-49(37(56)44-32)36-39(41,42)33(54)31(20-51)58-36/h3-10,15-17,21,31,33,36,51-54H,11-14,18-20H2,1-2H3,(H,46,57)(H,43,44,55,56)/t31-,33-,36-/m1/s1. The van der Waals surface area contributed by atoms with Crippen LogP contribution in [0, 0.1) is 5.82 Å². The highest BCUT2D eigenvalue weighted by molar-refractivity contribution is 6.03. The lowest BCUT2D eigenvalue weighted by atomic mass is 9.98. The number of phenolic OH excluding ortho intramolecular Hbond substituents is 2. The lowest BCUT2D eigenvalue weighted by Gasteiger charge is -2.34. The Labute approximate surface area is 328 Å². The van der Waals surface area contributed by atoms with E-state index < -0.39 is 54.1 Å². The molecule has 2 aromatic heterocycles. The number of aliphatic hydroxyl groups excluding tert-OH is 2. The quantitative estimate of drug-likeness (QED) is 0.114. The number of H-pyrrole nitrogens is 1. The average molecular weight is 807 g/mol. The van der Waals surface area contributed by atoms with Gasteiger partial charge >= 0.3 is 17.3 Å². The number of aromatic hydroxyl groups is 2. The van der Waals surface area contributed by atoms with Crippen molar-refractivity contribution in [3.05, 3.63) is 116 Å². The van der Waals surface area contributed by atoms with Crippen molar-refractivity contribution in [2.24, 2.45) is 0 Å². The topological polar surface area (TPSA) is 211 Å². The number of hydrogen-bond donors (Lipinski definition) is 6. The number of piperazine rings is 1. The van der Waals surface area contributed by atoms with Crippen molar-refractivity contribution in [1.82, 2.24) is 34.1 Å². The number of carbonyl (C=O) groups excluding carboxylic acids is 1. The van der Waals surface area contributed by atoms with Gasteiger partial charge in [-0.2, -0.15) is 18.9 Å². The van der Waals surface area contributed by atoms with Crippen molar-refractivity contribution in [1.29, 1.82) is 0 Å². The zero-order valence-corrected chi connectivity index (χ0v) is 31.3. The predicted octanol–water partition coefficient (Wildman–Crippen LogP) is 2.91. The number of benzene rings is 3. The minimum Gasteiger partial charge on any atom is -0.508 e. The van der Waals surface area contributed by atoms with E-state index >= 15 is 4.39 Å². The highest BCUT2D eigenvalue weighted by Crippen LogP contribution is 2.42. The third-order valence-corrected chi connectivity index (χ3v) is 10.3. The van der Waals surface area contributed by atoms with Gasteiger partial charge in [0.25, 0.3) is 5.91 Å². The number of aromatic nitrogens is 5. The summed E-state index contributed by atoms with van der Waals surface area (Å²) in [5.41, 5.74) is 0.831. The minimum atomic E-state index is -3.87. The second-order valence-electron chi connectivity index (χ2n) is 14.6. The van der Waals surface area contributed by atoms with E-state index in [2.05, 4.69) is 30.3 Å². The lowest BCUT2D eigenvalue weighted by Crippen LogP contribution is -2.45. The number of aromatic amines is 1. The van der Waals surface area contributed by atoms with E-state index in [-0.39, 0.29) is 45.9 Å². The second-order valence-corrected chi connectivity index (χ2v) is 14.6. The number of ether oxygens (including phenoxy) is 1. The van der Waals surface area contributed by atoms with Gasteiger partial charge in [0.05, 0.1) is 17.9 Å². The molecule has 3 atom stereocenters. The summed E-state index contributed by atoms with van der Waals surface area (Å²) in [6.45, 7) is 6.50. The summed E-state index contributed by atoms with van der Waals surface area (Å²) in [6, 6.07) is 15.2. The molecule has 0 radical (unpaired) electrons. The fourth-order valence-corrected chi connectivity index (χ4v) is 7.09. The summed E-state index contributed by atoms with van der Waals surface area (Å²) in [5, 5.41) is 48.7. The predicted molar refractivity (Wildman–Crippen MR) is 202 cm³/mol. The SMILES string of the molecule is CC(C)c1cc(-c2n[nH]c(=O)n2-c2ccc(CN3CCN(Cc4ccc(C(=O)Nc5ccn([C@@H]6O[C@H](CO)[C@@H](O)C6(F)F)c(=O)n5)cc4)CC3)c(F)c2)c(O)cc1O.